The lowest BCUT2D eigenvalue weighted by Crippen LogP contribution is -2.55. The maximum atomic E-state index is 11.8. The topological polar surface area (TPSA) is 105 Å². The molecular weight excluding hydrogens is 272 g/mol. The van der Waals surface area contributed by atoms with Crippen LogP contribution in [-0.2, 0) is 16.0 Å². The number of hydrogen-bond donors (Lipinski definition) is 4. The van der Waals surface area contributed by atoms with Crippen molar-refractivity contribution in [1.82, 2.24) is 5.43 Å². The number of aromatic hydroxyl groups is 2. The third-order valence-corrected chi connectivity index (χ3v) is 2.64. The van der Waals surface area contributed by atoms with Crippen LogP contribution in [0.1, 0.15) is 19.4 Å². The molecule has 0 amide bonds. The van der Waals surface area contributed by atoms with E-state index in [4.69, 9.17) is 10.6 Å². The second-order valence-electron chi connectivity index (χ2n) is 4.20. The summed E-state index contributed by atoms with van der Waals surface area (Å²) in [6.45, 7) is 3.58. The Morgan fingerprint density at radius 3 is 2.53 bits per heavy atom. The number of hydrazine groups is 1. The average Bonchev–Trinajstić information content (AvgIpc) is 2.34. The quantitative estimate of drug-likeness (QED) is 0.277. The molecule has 6 nitrogen and oxygen atoms in total. The highest BCUT2D eigenvalue weighted by Crippen LogP contribution is 2.26. The Labute approximate surface area is 117 Å². The summed E-state index contributed by atoms with van der Waals surface area (Å²) in [5.41, 5.74) is 1.99. The van der Waals surface area contributed by atoms with Crippen LogP contribution in [-0.4, -0.2) is 28.3 Å². The van der Waals surface area contributed by atoms with Crippen LogP contribution in [0.15, 0.2) is 18.2 Å². The first-order valence-corrected chi connectivity index (χ1v) is 5.59. The van der Waals surface area contributed by atoms with Crippen molar-refractivity contribution in [2.75, 3.05) is 6.61 Å². The highest BCUT2D eigenvalue weighted by atomic mass is 35.5. The van der Waals surface area contributed by atoms with Crippen molar-refractivity contribution in [3.63, 3.8) is 0 Å². The smallest absolute Gasteiger partial charge is 0.327 e. The van der Waals surface area contributed by atoms with E-state index in [2.05, 4.69) is 5.43 Å². The molecule has 1 aromatic rings. The molecule has 0 spiro atoms. The van der Waals surface area contributed by atoms with E-state index in [1.165, 1.54) is 12.1 Å². The number of carbonyl (C=O) groups is 1. The van der Waals surface area contributed by atoms with E-state index in [-0.39, 0.29) is 36.9 Å². The molecule has 0 aliphatic carbocycles. The van der Waals surface area contributed by atoms with Crippen molar-refractivity contribution >= 4 is 18.4 Å². The minimum atomic E-state index is -1.08. The lowest BCUT2D eigenvalue weighted by atomic mass is 9.93. The molecule has 1 unspecified atom stereocenters. The van der Waals surface area contributed by atoms with E-state index >= 15 is 0 Å². The van der Waals surface area contributed by atoms with Crippen LogP contribution in [0.25, 0.3) is 0 Å². The molecule has 0 aliphatic heterocycles. The number of phenolic OH excluding ortho intramolecular Hbond substituents is 2. The molecular formula is C12H19ClN2O4. The molecule has 0 saturated carbocycles. The van der Waals surface area contributed by atoms with E-state index in [1.807, 2.05) is 0 Å². The van der Waals surface area contributed by atoms with Crippen LogP contribution in [0.4, 0.5) is 0 Å². The van der Waals surface area contributed by atoms with Crippen LogP contribution in [0.5, 0.6) is 11.5 Å². The molecule has 108 valence electrons. The summed E-state index contributed by atoms with van der Waals surface area (Å²) in [5, 5.41) is 18.6. The number of phenols is 2. The van der Waals surface area contributed by atoms with Crippen LogP contribution in [0.3, 0.4) is 0 Å². The molecule has 0 fully saturated rings. The Morgan fingerprint density at radius 1 is 1.42 bits per heavy atom. The molecule has 1 rings (SSSR count). The van der Waals surface area contributed by atoms with E-state index < -0.39 is 11.5 Å². The fourth-order valence-corrected chi connectivity index (χ4v) is 1.56. The second kappa shape index (κ2) is 7.18. The molecule has 0 aromatic heterocycles. The number of nitrogens with two attached hydrogens (primary N) is 1. The lowest BCUT2D eigenvalue weighted by molar-refractivity contribution is -0.150. The highest BCUT2D eigenvalue weighted by molar-refractivity contribution is 5.85. The first kappa shape index (κ1) is 17.5. The standard InChI is InChI=1S/C12H18N2O4.ClH/c1-3-18-11(17)12(2,14-13)7-8-4-5-9(15)10(16)6-8;/h4-6,14-16H,3,7,13H2,1-2H3;1H. The first-order chi connectivity index (χ1) is 8.42. The van der Waals surface area contributed by atoms with Crippen molar-refractivity contribution < 1.29 is 19.7 Å². The van der Waals surface area contributed by atoms with Gasteiger partial charge in [0.2, 0.25) is 0 Å². The van der Waals surface area contributed by atoms with Crippen molar-refractivity contribution in [2.45, 2.75) is 25.8 Å². The first-order valence-electron chi connectivity index (χ1n) is 5.59. The summed E-state index contributed by atoms with van der Waals surface area (Å²) in [6.07, 6.45) is 0.232. The van der Waals surface area contributed by atoms with Gasteiger partial charge in [-0.2, -0.15) is 0 Å². The van der Waals surface area contributed by atoms with Gasteiger partial charge in [-0.1, -0.05) is 6.07 Å². The maximum Gasteiger partial charge on any atom is 0.327 e. The van der Waals surface area contributed by atoms with Gasteiger partial charge in [0.05, 0.1) is 6.61 Å². The van der Waals surface area contributed by atoms with Crippen LogP contribution < -0.4 is 11.3 Å². The zero-order valence-corrected chi connectivity index (χ0v) is 11.7. The predicted molar refractivity (Wildman–Crippen MR) is 73.1 cm³/mol. The molecule has 0 radical (unpaired) electrons. The SMILES string of the molecule is CCOC(=O)C(C)(Cc1ccc(O)c(O)c1)NN.Cl. The number of hydrogen-bond acceptors (Lipinski definition) is 6. The molecule has 0 bridgehead atoms. The summed E-state index contributed by atoms with van der Waals surface area (Å²) in [7, 11) is 0. The number of esters is 1. The highest BCUT2D eigenvalue weighted by Gasteiger charge is 2.33. The zero-order valence-electron chi connectivity index (χ0n) is 10.8. The van der Waals surface area contributed by atoms with Crippen molar-refractivity contribution in [3.8, 4) is 11.5 Å². The Balaban J connectivity index is 0.00000324. The summed E-state index contributed by atoms with van der Waals surface area (Å²) < 4.78 is 4.93. The van der Waals surface area contributed by atoms with Crippen LogP contribution in [0.2, 0.25) is 0 Å². The Bertz CT molecular complexity index is 442. The van der Waals surface area contributed by atoms with Gasteiger partial charge in [0, 0.05) is 6.42 Å². The van der Waals surface area contributed by atoms with Gasteiger partial charge in [0.1, 0.15) is 5.54 Å². The fourth-order valence-electron chi connectivity index (χ4n) is 1.56. The van der Waals surface area contributed by atoms with E-state index in [9.17, 15) is 15.0 Å². The number of carbonyl (C=O) groups excluding carboxylic acids is 1. The molecule has 0 saturated heterocycles. The van der Waals surface area contributed by atoms with Gasteiger partial charge in [-0.25, -0.2) is 10.2 Å². The zero-order chi connectivity index (χ0) is 13.8. The minimum absolute atomic E-state index is 0. The third kappa shape index (κ3) is 4.27. The van der Waals surface area contributed by atoms with Gasteiger partial charge in [-0.15, -0.1) is 12.4 Å². The van der Waals surface area contributed by atoms with Crippen LogP contribution >= 0.6 is 12.4 Å². The van der Waals surface area contributed by atoms with E-state index in [1.54, 1.807) is 19.9 Å². The Kier molecular flexibility index (Phi) is 6.61. The number of rotatable bonds is 5. The Morgan fingerprint density at radius 2 is 2.05 bits per heavy atom. The van der Waals surface area contributed by atoms with Crippen molar-refractivity contribution in [3.05, 3.63) is 23.8 Å². The molecule has 19 heavy (non-hydrogen) atoms. The summed E-state index contributed by atoms with van der Waals surface area (Å²) in [4.78, 5) is 11.8. The van der Waals surface area contributed by atoms with Gasteiger partial charge in [0.25, 0.3) is 0 Å². The van der Waals surface area contributed by atoms with Gasteiger partial charge in [-0.3, -0.25) is 5.84 Å². The molecule has 1 atom stereocenters. The van der Waals surface area contributed by atoms with E-state index in [0.717, 1.165) is 0 Å². The summed E-state index contributed by atoms with van der Waals surface area (Å²) in [5.74, 6) is 4.47. The summed E-state index contributed by atoms with van der Waals surface area (Å²) >= 11 is 0. The summed E-state index contributed by atoms with van der Waals surface area (Å²) in [6, 6.07) is 4.33. The monoisotopic (exact) mass is 290 g/mol. The molecule has 0 aliphatic rings. The van der Waals surface area contributed by atoms with Crippen LogP contribution in [0, 0.1) is 0 Å². The number of halogens is 1. The number of ether oxygens (including phenoxy) is 1. The largest absolute Gasteiger partial charge is 0.504 e. The van der Waals surface area contributed by atoms with Gasteiger partial charge < -0.3 is 14.9 Å². The predicted octanol–water partition coefficient (Wildman–Crippen LogP) is 0.847. The third-order valence-electron chi connectivity index (χ3n) is 2.64. The number of nitrogens with one attached hydrogen (secondary N) is 1. The van der Waals surface area contributed by atoms with Crippen molar-refractivity contribution in [2.24, 2.45) is 5.84 Å². The normalized spacial score (nSPS) is 13.2. The van der Waals surface area contributed by atoms with Gasteiger partial charge in [-0.05, 0) is 31.5 Å². The Hall–Kier alpha value is -1.50. The van der Waals surface area contributed by atoms with E-state index in [0.29, 0.717) is 5.56 Å². The average molecular weight is 291 g/mol. The molecule has 0 heterocycles. The maximum absolute atomic E-state index is 11.8. The molecule has 1 aromatic carbocycles. The molecule has 7 heteroatoms. The molecule has 5 N–H and O–H groups in total. The number of benzene rings is 1. The minimum Gasteiger partial charge on any atom is -0.504 e. The van der Waals surface area contributed by atoms with Gasteiger partial charge in [0.15, 0.2) is 11.5 Å². The lowest BCUT2D eigenvalue weighted by Gasteiger charge is -2.26. The second-order valence-corrected chi connectivity index (χ2v) is 4.20. The fraction of sp³-hybridized carbons (Fsp3) is 0.417. The van der Waals surface area contributed by atoms with Gasteiger partial charge >= 0.3 is 5.97 Å². The van der Waals surface area contributed by atoms with Crippen molar-refractivity contribution in [1.29, 1.82) is 0 Å².